The quantitative estimate of drug-likeness (QED) is 0.672. The van der Waals surface area contributed by atoms with Crippen LogP contribution in [0, 0.1) is 6.92 Å². The number of hydrogen-bond acceptors (Lipinski definition) is 4. The van der Waals surface area contributed by atoms with Crippen LogP contribution in [-0.4, -0.2) is 25.9 Å². The van der Waals surface area contributed by atoms with Gasteiger partial charge in [-0.25, -0.2) is 18.7 Å². The van der Waals surface area contributed by atoms with Crippen molar-refractivity contribution in [3.8, 4) is 11.3 Å². The Morgan fingerprint density at radius 2 is 1.89 bits per heavy atom. The number of alkyl halides is 5. The average molecular weight is 386 g/mol. The highest BCUT2D eigenvalue weighted by Crippen LogP contribution is 2.35. The number of halogens is 5. The number of aromatic nitrogens is 3. The number of anilines is 1. The highest BCUT2D eigenvalue weighted by atomic mass is 19.4. The Hall–Kier alpha value is -2.75. The van der Waals surface area contributed by atoms with Crippen molar-refractivity contribution in [1.29, 1.82) is 0 Å². The van der Waals surface area contributed by atoms with E-state index in [4.69, 9.17) is 5.73 Å². The van der Waals surface area contributed by atoms with Crippen LogP contribution in [0.1, 0.15) is 23.7 Å². The van der Waals surface area contributed by atoms with Crippen molar-refractivity contribution >= 4 is 11.5 Å². The van der Waals surface area contributed by atoms with E-state index in [0.29, 0.717) is 11.1 Å². The summed E-state index contributed by atoms with van der Waals surface area (Å²) in [5, 5.41) is 10.0. The smallest absolute Gasteiger partial charge is 0.381 e. The zero-order chi connectivity index (χ0) is 20.1. The lowest BCUT2D eigenvalue weighted by Gasteiger charge is -2.23. The first-order valence-electron chi connectivity index (χ1n) is 7.75. The van der Waals surface area contributed by atoms with E-state index >= 15 is 0 Å². The summed E-state index contributed by atoms with van der Waals surface area (Å²) in [5.41, 5.74) is 3.02. The van der Waals surface area contributed by atoms with Gasteiger partial charge in [0.2, 0.25) is 0 Å². The molecule has 10 heteroatoms. The number of aliphatic hydroxyl groups is 1. The van der Waals surface area contributed by atoms with Gasteiger partial charge >= 0.3 is 6.18 Å². The van der Waals surface area contributed by atoms with E-state index in [0.717, 1.165) is 17.5 Å². The second-order valence-corrected chi connectivity index (χ2v) is 6.32. The first kappa shape index (κ1) is 19.0. The highest BCUT2D eigenvalue weighted by molar-refractivity contribution is 5.72. The molecule has 0 aliphatic carbocycles. The molecule has 3 aromatic rings. The van der Waals surface area contributed by atoms with Crippen molar-refractivity contribution in [2.75, 3.05) is 5.73 Å². The van der Waals surface area contributed by atoms with Crippen LogP contribution in [0.4, 0.5) is 27.8 Å². The molecular weight excluding hydrogens is 371 g/mol. The number of rotatable bonds is 3. The molecule has 1 aromatic carbocycles. The number of fused-ring (bicyclic) bond motifs is 1. The third-order valence-corrected chi connectivity index (χ3v) is 4.33. The summed E-state index contributed by atoms with van der Waals surface area (Å²) in [6.07, 6.45) is -5.76. The summed E-state index contributed by atoms with van der Waals surface area (Å²) < 4.78 is 66.6. The van der Waals surface area contributed by atoms with Gasteiger partial charge in [0.1, 0.15) is 5.60 Å². The number of benzene rings is 1. The van der Waals surface area contributed by atoms with Crippen LogP contribution in [0.15, 0.2) is 30.6 Å². The van der Waals surface area contributed by atoms with Crippen molar-refractivity contribution in [3.05, 3.63) is 47.4 Å². The molecule has 2 aromatic heterocycles. The van der Waals surface area contributed by atoms with Gasteiger partial charge in [0.15, 0.2) is 17.2 Å². The monoisotopic (exact) mass is 386 g/mol. The van der Waals surface area contributed by atoms with Crippen molar-refractivity contribution < 1.29 is 27.1 Å². The Labute approximate surface area is 150 Å². The SMILES string of the molecule is Cc1ccc(C(C)(O)C(F)F)cc1-c1cnc2c(N)nc(C(F)(F)F)cn12. The fraction of sp³-hybridized carbons (Fsp3) is 0.294. The molecule has 0 fully saturated rings. The normalized spacial score (nSPS) is 14.7. The van der Waals surface area contributed by atoms with E-state index in [1.54, 1.807) is 6.92 Å². The second kappa shape index (κ2) is 6.15. The first-order chi connectivity index (χ1) is 12.4. The van der Waals surface area contributed by atoms with Crippen LogP contribution >= 0.6 is 0 Å². The van der Waals surface area contributed by atoms with Gasteiger partial charge in [-0.15, -0.1) is 0 Å². The van der Waals surface area contributed by atoms with Gasteiger partial charge in [-0.05, 0) is 31.0 Å². The molecule has 0 saturated carbocycles. The molecule has 0 radical (unpaired) electrons. The third-order valence-electron chi connectivity index (χ3n) is 4.33. The van der Waals surface area contributed by atoms with Crippen molar-refractivity contribution in [1.82, 2.24) is 14.4 Å². The van der Waals surface area contributed by atoms with Crippen LogP contribution in [-0.2, 0) is 11.8 Å². The van der Waals surface area contributed by atoms with Crippen molar-refractivity contribution in [2.45, 2.75) is 32.1 Å². The van der Waals surface area contributed by atoms with E-state index in [1.165, 1.54) is 24.4 Å². The van der Waals surface area contributed by atoms with Gasteiger partial charge in [0.05, 0.1) is 11.9 Å². The molecule has 5 nitrogen and oxygen atoms in total. The molecule has 0 aliphatic rings. The zero-order valence-corrected chi connectivity index (χ0v) is 14.2. The van der Waals surface area contributed by atoms with Crippen LogP contribution in [0.3, 0.4) is 0 Å². The van der Waals surface area contributed by atoms with Crippen LogP contribution in [0.5, 0.6) is 0 Å². The lowest BCUT2D eigenvalue weighted by atomic mass is 9.92. The minimum atomic E-state index is -4.72. The predicted molar refractivity (Wildman–Crippen MR) is 88.1 cm³/mol. The van der Waals surface area contributed by atoms with Gasteiger partial charge in [-0.3, -0.25) is 4.40 Å². The van der Waals surface area contributed by atoms with E-state index in [9.17, 15) is 27.1 Å². The maximum atomic E-state index is 13.1. The molecule has 0 amide bonds. The fourth-order valence-corrected chi connectivity index (χ4v) is 2.69. The molecule has 1 atom stereocenters. The predicted octanol–water partition coefficient (Wildman–Crippen LogP) is 3.78. The van der Waals surface area contributed by atoms with Crippen LogP contribution in [0.2, 0.25) is 0 Å². The van der Waals surface area contributed by atoms with E-state index in [2.05, 4.69) is 9.97 Å². The summed E-state index contributed by atoms with van der Waals surface area (Å²) in [5.74, 6) is -0.413. The average Bonchev–Trinajstić information content (AvgIpc) is 2.98. The topological polar surface area (TPSA) is 76.4 Å². The van der Waals surface area contributed by atoms with E-state index in [-0.39, 0.29) is 16.9 Å². The molecule has 3 rings (SSSR count). The minimum absolute atomic E-state index is 0.00317. The van der Waals surface area contributed by atoms with Crippen LogP contribution < -0.4 is 5.73 Å². The third kappa shape index (κ3) is 3.20. The van der Waals surface area contributed by atoms with Crippen molar-refractivity contribution in [3.63, 3.8) is 0 Å². The Kier molecular flexibility index (Phi) is 4.34. The lowest BCUT2D eigenvalue weighted by molar-refractivity contribution is -0.141. The number of imidazole rings is 1. The number of nitrogens with zero attached hydrogens (tertiary/aromatic N) is 3. The molecular formula is C17H15F5N4O. The Bertz CT molecular complexity index is 1010. The number of hydrogen-bond donors (Lipinski definition) is 2. The maximum Gasteiger partial charge on any atom is 0.434 e. The standard InChI is InChI=1S/C17H15F5N4O/c1-8-3-4-9(16(2,27)15(18)19)5-10(8)11-6-24-14-13(23)25-12(7-26(11)14)17(20,21)22/h3-7,15,27H,1-2H3,(H2,23,25). The molecule has 1 unspecified atom stereocenters. The van der Waals surface area contributed by atoms with Gasteiger partial charge in [0.25, 0.3) is 6.43 Å². The minimum Gasteiger partial charge on any atom is -0.381 e. The van der Waals surface area contributed by atoms with E-state index < -0.39 is 29.7 Å². The number of aryl methyl sites for hydroxylation is 1. The first-order valence-corrected chi connectivity index (χ1v) is 7.75. The second-order valence-electron chi connectivity index (χ2n) is 6.32. The Balaban J connectivity index is 2.26. The summed E-state index contributed by atoms with van der Waals surface area (Å²) in [6, 6.07) is 4.14. The van der Waals surface area contributed by atoms with Gasteiger partial charge in [0, 0.05) is 11.8 Å². The lowest BCUT2D eigenvalue weighted by Crippen LogP contribution is -2.30. The molecule has 0 saturated heterocycles. The molecule has 2 heterocycles. The largest absolute Gasteiger partial charge is 0.434 e. The Morgan fingerprint density at radius 1 is 1.22 bits per heavy atom. The molecule has 27 heavy (non-hydrogen) atoms. The van der Waals surface area contributed by atoms with Gasteiger partial charge in [-0.2, -0.15) is 13.2 Å². The summed E-state index contributed by atoms with van der Waals surface area (Å²) in [6.45, 7) is 2.62. The number of nitrogens with two attached hydrogens (primary N) is 1. The van der Waals surface area contributed by atoms with Gasteiger partial charge < -0.3 is 10.8 Å². The van der Waals surface area contributed by atoms with Crippen LogP contribution in [0.25, 0.3) is 16.9 Å². The molecule has 0 bridgehead atoms. The molecule has 3 N–H and O–H groups in total. The summed E-state index contributed by atoms with van der Waals surface area (Å²) in [7, 11) is 0. The molecule has 0 aliphatic heterocycles. The zero-order valence-electron chi connectivity index (χ0n) is 14.2. The Morgan fingerprint density at radius 3 is 2.48 bits per heavy atom. The molecule has 0 spiro atoms. The summed E-state index contributed by atoms with van der Waals surface area (Å²) >= 11 is 0. The van der Waals surface area contributed by atoms with E-state index in [1.807, 2.05) is 0 Å². The summed E-state index contributed by atoms with van der Waals surface area (Å²) in [4.78, 5) is 7.30. The van der Waals surface area contributed by atoms with Crippen molar-refractivity contribution in [2.24, 2.45) is 0 Å². The highest BCUT2D eigenvalue weighted by Gasteiger charge is 2.36. The maximum absolute atomic E-state index is 13.1. The number of nitrogen functional groups attached to an aromatic ring is 1. The van der Waals surface area contributed by atoms with Gasteiger partial charge in [-0.1, -0.05) is 12.1 Å². The molecule has 144 valence electrons. The fourth-order valence-electron chi connectivity index (χ4n) is 2.69.